The Hall–Kier alpha value is -2.92. The Morgan fingerprint density at radius 1 is 0.957 bits per heavy atom. The molecule has 5 nitrogen and oxygen atoms in total. The second-order valence-electron chi connectivity index (χ2n) is 5.19. The van der Waals surface area contributed by atoms with E-state index in [0.29, 0.717) is 11.1 Å². The number of likely N-dealkylation sites (tertiary alicyclic amines) is 1. The van der Waals surface area contributed by atoms with E-state index in [2.05, 4.69) is 0 Å². The maximum atomic E-state index is 12.4. The minimum atomic E-state index is -0.821. The fraction of sp³-hybridized carbons (Fsp3) is 0.111. The SMILES string of the molecule is O=C1C(=O)N(CO)C(c2ccccc2)C1=C(O)c1ccccc1. The number of amides is 1. The van der Waals surface area contributed by atoms with E-state index in [1.165, 1.54) is 0 Å². The average Bonchev–Trinajstić information content (AvgIpc) is 2.87. The lowest BCUT2D eigenvalue weighted by Crippen LogP contribution is -2.30. The van der Waals surface area contributed by atoms with E-state index in [4.69, 9.17) is 0 Å². The third kappa shape index (κ3) is 2.51. The molecule has 2 aromatic carbocycles. The molecule has 1 amide bonds. The van der Waals surface area contributed by atoms with Crippen LogP contribution in [0.25, 0.3) is 5.76 Å². The average molecular weight is 309 g/mol. The molecule has 0 saturated carbocycles. The highest BCUT2D eigenvalue weighted by Crippen LogP contribution is 2.38. The van der Waals surface area contributed by atoms with Crippen molar-refractivity contribution in [3.63, 3.8) is 0 Å². The molecule has 1 fully saturated rings. The van der Waals surface area contributed by atoms with Crippen LogP contribution in [-0.2, 0) is 9.59 Å². The fourth-order valence-electron chi connectivity index (χ4n) is 2.76. The molecule has 1 atom stereocenters. The summed E-state index contributed by atoms with van der Waals surface area (Å²) in [7, 11) is 0. The van der Waals surface area contributed by atoms with Gasteiger partial charge in [-0.2, -0.15) is 0 Å². The fourth-order valence-corrected chi connectivity index (χ4v) is 2.76. The zero-order valence-corrected chi connectivity index (χ0v) is 12.2. The first-order chi connectivity index (χ1) is 11.1. The Kier molecular flexibility index (Phi) is 3.95. The smallest absolute Gasteiger partial charge is 0.297 e. The molecule has 0 aliphatic carbocycles. The molecule has 23 heavy (non-hydrogen) atoms. The molecule has 2 aromatic rings. The normalized spacial score (nSPS) is 20.0. The summed E-state index contributed by atoms with van der Waals surface area (Å²) in [6.45, 7) is -0.601. The standard InChI is InChI=1S/C18H15NO4/c20-11-19-15(12-7-3-1-4-8-12)14(17(22)18(19)23)16(21)13-9-5-2-6-10-13/h1-10,15,20-21H,11H2. The summed E-state index contributed by atoms with van der Waals surface area (Å²) >= 11 is 0. The van der Waals surface area contributed by atoms with Crippen molar-refractivity contribution in [3.05, 3.63) is 77.4 Å². The van der Waals surface area contributed by atoms with Crippen molar-refractivity contribution >= 4 is 17.4 Å². The lowest BCUT2D eigenvalue weighted by molar-refractivity contribution is -0.142. The minimum Gasteiger partial charge on any atom is -0.507 e. The summed E-state index contributed by atoms with van der Waals surface area (Å²) in [5, 5.41) is 20.1. The van der Waals surface area contributed by atoms with Crippen LogP contribution in [0.15, 0.2) is 66.2 Å². The van der Waals surface area contributed by atoms with Crippen LogP contribution >= 0.6 is 0 Å². The highest BCUT2D eigenvalue weighted by Gasteiger charge is 2.45. The number of aliphatic hydroxyl groups is 2. The molecule has 1 aliphatic heterocycles. The molecule has 0 radical (unpaired) electrons. The van der Waals surface area contributed by atoms with Gasteiger partial charge < -0.3 is 15.1 Å². The van der Waals surface area contributed by atoms with Crippen molar-refractivity contribution in [1.82, 2.24) is 4.90 Å². The van der Waals surface area contributed by atoms with Crippen molar-refractivity contribution in [2.45, 2.75) is 6.04 Å². The Balaban J connectivity index is 2.20. The number of benzene rings is 2. The van der Waals surface area contributed by atoms with E-state index in [1.54, 1.807) is 54.6 Å². The summed E-state index contributed by atoms with van der Waals surface area (Å²) in [5.41, 5.74) is 1.09. The van der Waals surface area contributed by atoms with Gasteiger partial charge in [0.25, 0.3) is 11.7 Å². The quantitative estimate of drug-likeness (QED) is 0.517. The van der Waals surface area contributed by atoms with E-state index in [1.807, 2.05) is 6.07 Å². The van der Waals surface area contributed by atoms with Crippen LogP contribution in [0.1, 0.15) is 17.2 Å². The first-order valence-corrected chi connectivity index (χ1v) is 7.14. The maximum Gasteiger partial charge on any atom is 0.297 e. The number of rotatable bonds is 3. The summed E-state index contributed by atoms with van der Waals surface area (Å²) in [6, 6.07) is 16.6. The van der Waals surface area contributed by atoms with Crippen LogP contribution < -0.4 is 0 Å². The number of hydrogen-bond donors (Lipinski definition) is 2. The predicted molar refractivity (Wildman–Crippen MR) is 84.1 cm³/mol. The van der Waals surface area contributed by atoms with Gasteiger partial charge in [-0.25, -0.2) is 0 Å². The molecule has 3 rings (SSSR count). The number of hydrogen-bond acceptors (Lipinski definition) is 4. The number of aliphatic hydroxyl groups excluding tert-OH is 2. The van der Waals surface area contributed by atoms with Crippen LogP contribution in [0.3, 0.4) is 0 Å². The van der Waals surface area contributed by atoms with Crippen LogP contribution in [-0.4, -0.2) is 33.5 Å². The van der Waals surface area contributed by atoms with Crippen LogP contribution in [0.2, 0.25) is 0 Å². The third-order valence-electron chi connectivity index (χ3n) is 3.85. The number of ketones is 1. The highest BCUT2D eigenvalue weighted by molar-refractivity contribution is 6.46. The number of Topliss-reactive ketones (excluding diaryl/α,β-unsaturated/α-hetero) is 1. The molecular weight excluding hydrogens is 294 g/mol. The molecule has 1 unspecified atom stereocenters. The number of carbonyl (C=O) groups excluding carboxylic acids is 2. The summed E-state index contributed by atoms with van der Waals surface area (Å²) < 4.78 is 0. The lowest BCUT2D eigenvalue weighted by atomic mass is 9.95. The van der Waals surface area contributed by atoms with Crippen LogP contribution in [0.5, 0.6) is 0 Å². The molecular formula is C18H15NO4. The Morgan fingerprint density at radius 3 is 2.09 bits per heavy atom. The predicted octanol–water partition coefficient (Wildman–Crippen LogP) is 2.06. The molecule has 0 spiro atoms. The largest absolute Gasteiger partial charge is 0.507 e. The van der Waals surface area contributed by atoms with Gasteiger partial charge in [0.15, 0.2) is 0 Å². The molecule has 1 aliphatic rings. The van der Waals surface area contributed by atoms with Gasteiger partial charge in [0.2, 0.25) is 0 Å². The summed E-state index contributed by atoms with van der Waals surface area (Å²) in [6.07, 6.45) is 0. The monoisotopic (exact) mass is 309 g/mol. The van der Waals surface area contributed by atoms with Crippen molar-refractivity contribution < 1.29 is 19.8 Å². The Labute approximate surface area is 133 Å². The molecule has 1 saturated heterocycles. The van der Waals surface area contributed by atoms with Crippen molar-refractivity contribution in [3.8, 4) is 0 Å². The van der Waals surface area contributed by atoms with Gasteiger partial charge in [-0.15, -0.1) is 0 Å². The summed E-state index contributed by atoms with van der Waals surface area (Å²) in [4.78, 5) is 25.5. The van der Waals surface area contributed by atoms with Crippen LogP contribution in [0.4, 0.5) is 0 Å². The molecule has 116 valence electrons. The summed E-state index contributed by atoms with van der Waals surface area (Å²) in [5.74, 6) is -1.86. The van der Waals surface area contributed by atoms with Crippen LogP contribution in [0, 0.1) is 0 Å². The zero-order valence-electron chi connectivity index (χ0n) is 12.2. The maximum absolute atomic E-state index is 12.4. The first kappa shape index (κ1) is 15.0. The van der Waals surface area contributed by atoms with E-state index in [0.717, 1.165) is 4.90 Å². The lowest BCUT2D eigenvalue weighted by Gasteiger charge is -2.22. The van der Waals surface area contributed by atoms with Gasteiger partial charge >= 0.3 is 0 Å². The third-order valence-corrected chi connectivity index (χ3v) is 3.85. The van der Waals surface area contributed by atoms with E-state index < -0.39 is 24.5 Å². The highest BCUT2D eigenvalue weighted by atomic mass is 16.3. The number of nitrogens with zero attached hydrogens (tertiary/aromatic N) is 1. The van der Waals surface area contributed by atoms with Gasteiger partial charge in [0, 0.05) is 5.56 Å². The first-order valence-electron chi connectivity index (χ1n) is 7.14. The molecule has 0 bridgehead atoms. The molecule has 1 heterocycles. The van der Waals surface area contributed by atoms with E-state index in [9.17, 15) is 19.8 Å². The van der Waals surface area contributed by atoms with E-state index >= 15 is 0 Å². The number of carbonyl (C=O) groups is 2. The second-order valence-corrected chi connectivity index (χ2v) is 5.19. The minimum absolute atomic E-state index is 0.0125. The van der Waals surface area contributed by atoms with Gasteiger partial charge in [0.1, 0.15) is 12.5 Å². The molecule has 5 heteroatoms. The van der Waals surface area contributed by atoms with Crippen molar-refractivity contribution in [2.75, 3.05) is 6.73 Å². The Bertz CT molecular complexity index is 768. The second kappa shape index (κ2) is 6.06. The van der Waals surface area contributed by atoms with Gasteiger partial charge in [-0.3, -0.25) is 9.59 Å². The van der Waals surface area contributed by atoms with E-state index in [-0.39, 0.29) is 11.3 Å². The molecule has 2 N–H and O–H groups in total. The Morgan fingerprint density at radius 2 is 1.52 bits per heavy atom. The van der Waals surface area contributed by atoms with Gasteiger partial charge in [-0.05, 0) is 5.56 Å². The zero-order chi connectivity index (χ0) is 16.4. The van der Waals surface area contributed by atoms with Crippen molar-refractivity contribution in [1.29, 1.82) is 0 Å². The van der Waals surface area contributed by atoms with Gasteiger partial charge in [0.05, 0.1) is 11.6 Å². The molecule has 0 aromatic heterocycles. The van der Waals surface area contributed by atoms with Gasteiger partial charge in [-0.1, -0.05) is 60.7 Å². The topological polar surface area (TPSA) is 77.8 Å². The van der Waals surface area contributed by atoms with Crippen molar-refractivity contribution in [2.24, 2.45) is 0 Å².